The topological polar surface area (TPSA) is 120 Å². The van der Waals surface area contributed by atoms with E-state index < -0.39 is 22.2 Å². The fourth-order valence-corrected chi connectivity index (χ4v) is 2.30. The van der Waals surface area contributed by atoms with Gasteiger partial charge in [0.2, 0.25) is 11.6 Å². The Hall–Kier alpha value is -2.48. The summed E-state index contributed by atoms with van der Waals surface area (Å²) in [5, 5.41) is 13.9. The average molecular weight is 307 g/mol. The van der Waals surface area contributed by atoms with Crippen molar-refractivity contribution in [1.82, 2.24) is 5.32 Å². The van der Waals surface area contributed by atoms with E-state index in [0.29, 0.717) is 12.3 Å². The summed E-state index contributed by atoms with van der Waals surface area (Å²) >= 11 is 0. The second-order valence-corrected chi connectivity index (χ2v) is 5.62. The first-order chi connectivity index (χ1) is 10.2. The van der Waals surface area contributed by atoms with Crippen LogP contribution in [0.1, 0.15) is 25.8 Å². The normalized spacial score (nSPS) is 21.1. The Morgan fingerprint density at radius 3 is 2.77 bits per heavy atom. The molecule has 2 rings (SSSR count). The van der Waals surface area contributed by atoms with Crippen LogP contribution in [0.25, 0.3) is 0 Å². The maximum atomic E-state index is 13.5. The number of nitrogens with zero attached hydrogens (tertiary/aromatic N) is 2. The van der Waals surface area contributed by atoms with Crippen LogP contribution in [0.15, 0.2) is 35.0 Å². The predicted octanol–water partition coefficient (Wildman–Crippen LogP) is 1.69. The lowest BCUT2D eigenvalue weighted by Crippen LogP contribution is -2.51. The lowest BCUT2D eigenvalue weighted by atomic mass is 10.0. The van der Waals surface area contributed by atoms with Crippen molar-refractivity contribution in [2.75, 3.05) is 0 Å². The van der Waals surface area contributed by atoms with Crippen LogP contribution in [0.5, 0.6) is 0 Å². The zero-order valence-electron chi connectivity index (χ0n) is 12.3. The van der Waals surface area contributed by atoms with Gasteiger partial charge in [-0.05, 0) is 30.5 Å². The number of aliphatic imine (C=N–C) groups is 1. The molecule has 8 heteroatoms. The fraction of sp³-hybridized carbons (Fsp3) is 0.357. The Labute approximate surface area is 127 Å². The number of hydrogen-bond acceptors (Lipinski definition) is 6. The van der Waals surface area contributed by atoms with Gasteiger partial charge in [-0.3, -0.25) is 15.8 Å². The van der Waals surface area contributed by atoms with Crippen LogP contribution in [-0.2, 0) is 5.79 Å². The molecule has 0 radical (unpaired) electrons. The van der Waals surface area contributed by atoms with Gasteiger partial charge in [0.15, 0.2) is 0 Å². The number of benzene rings is 1. The van der Waals surface area contributed by atoms with Crippen LogP contribution in [-0.4, -0.2) is 10.8 Å². The monoisotopic (exact) mass is 307 g/mol. The van der Waals surface area contributed by atoms with Gasteiger partial charge in [-0.2, -0.15) is 4.39 Å². The van der Waals surface area contributed by atoms with E-state index in [1.807, 2.05) is 13.8 Å². The largest absolute Gasteiger partial charge is 0.384 e. The van der Waals surface area contributed by atoms with Crippen molar-refractivity contribution in [3.8, 4) is 0 Å². The quantitative estimate of drug-likeness (QED) is 0.577. The van der Waals surface area contributed by atoms with Crippen molar-refractivity contribution in [2.45, 2.75) is 26.1 Å². The van der Waals surface area contributed by atoms with Gasteiger partial charge in [-0.1, -0.05) is 13.8 Å². The van der Waals surface area contributed by atoms with Gasteiger partial charge in [0.05, 0.1) is 4.92 Å². The number of nitro groups is 1. The highest BCUT2D eigenvalue weighted by Gasteiger charge is 2.32. The standard InChI is InChI=1S/C14H18FN5O2/c1-8(2)5-10-7-13(16)19-14(17,18-10)9-3-4-11(15)12(6-9)20(21)22/h3-4,6-8,18H,5,17H2,1-2H3,(H2,16,19). The van der Waals surface area contributed by atoms with Gasteiger partial charge in [-0.25, -0.2) is 4.99 Å². The zero-order valence-corrected chi connectivity index (χ0v) is 12.3. The molecule has 1 heterocycles. The van der Waals surface area contributed by atoms with Crippen LogP contribution in [0.3, 0.4) is 0 Å². The molecule has 1 aromatic rings. The molecule has 118 valence electrons. The first-order valence-corrected chi connectivity index (χ1v) is 6.78. The first-order valence-electron chi connectivity index (χ1n) is 6.78. The van der Waals surface area contributed by atoms with E-state index in [-0.39, 0.29) is 11.4 Å². The number of rotatable bonds is 4. The summed E-state index contributed by atoms with van der Waals surface area (Å²) in [4.78, 5) is 14.2. The van der Waals surface area contributed by atoms with Crippen LogP contribution < -0.4 is 16.8 Å². The number of nitrogens with one attached hydrogen (secondary N) is 1. The Morgan fingerprint density at radius 1 is 1.50 bits per heavy atom. The SMILES string of the molecule is CC(C)CC1=CC(N)=NC(N)(c2ccc(F)c([N+](=O)[O-])c2)N1. The Balaban J connectivity index is 2.41. The minimum Gasteiger partial charge on any atom is -0.384 e. The molecule has 0 bridgehead atoms. The number of nitro benzene ring substituents is 1. The molecule has 0 spiro atoms. The molecule has 0 saturated carbocycles. The summed E-state index contributed by atoms with van der Waals surface area (Å²) in [6, 6.07) is 3.41. The lowest BCUT2D eigenvalue weighted by Gasteiger charge is -2.33. The summed E-state index contributed by atoms with van der Waals surface area (Å²) in [6.07, 6.45) is 2.36. The third-order valence-corrected chi connectivity index (χ3v) is 3.19. The van der Waals surface area contributed by atoms with Gasteiger partial charge in [0, 0.05) is 17.3 Å². The molecule has 1 unspecified atom stereocenters. The number of allylic oxidation sites excluding steroid dienone is 1. The van der Waals surface area contributed by atoms with Crippen LogP contribution in [0.4, 0.5) is 10.1 Å². The lowest BCUT2D eigenvalue weighted by molar-refractivity contribution is -0.387. The van der Waals surface area contributed by atoms with E-state index in [0.717, 1.165) is 17.8 Å². The van der Waals surface area contributed by atoms with Gasteiger partial charge in [-0.15, -0.1) is 0 Å². The van der Waals surface area contributed by atoms with Gasteiger partial charge in [0.25, 0.3) is 0 Å². The number of nitrogens with two attached hydrogens (primary N) is 2. The minimum absolute atomic E-state index is 0.212. The molecule has 0 aliphatic carbocycles. The molecule has 0 saturated heterocycles. The number of hydrogen-bond donors (Lipinski definition) is 3. The highest BCUT2D eigenvalue weighted by atomic mass is 19.1. The molecule has 22 heavy (non-hydrogen) atoms. The van der Waals surface area contributed by atoms with Crippen LogP contribution >= 0.6 is 0 Å². The minimum atomic E-state index is -1.46. The Kier molecular flexibility index (Phi) is 4.14. The molecule has 1 aliphatic heterocycles. The van der Waals surface area contributed by atoms with Crippen molar-refractivity contribution in [3.63, 3.8) is 0 Å². The Bertz CT molecular complexity index is 671. The summed E-state index contributed by atoms with van der Waals surface area (Å²) in [6.45, 7) is 4.07. The van der Waals surface area contributed by atoms with E-state index in [1.54, 1.807) is 6.08 Å². The van der Waals surface area contributed by atoms with E-state index >= 15 is 0 Å². The molecule has 0 fully saturated rings. The summed E-state index contributed by atoms with van der Waals surface area (Å²) in [5.41, 5.74) is 12.4. The highest BCUT2D eigenvalue weighted by molar-refractivity contribution is 5.93. The van der Waals surface area contributed by atoms with Crippen molar-refractivity contribution < 1.29 is 9.31 Å². The number of amidine groups is 1. The maximum Gasteiger partial charge on any atom is 0.305 e. The average Bonchev–Trinajstić information content (AvgIpc) is 2.36. The van der Waals surface area contributed by atoms with Crippen LogP contribution in [0.2, 0.25) is 0 Å². The van der Waals surface area contributed by atoms with Gasteiger partial charge in [0.1, 0.15) is 5.84 Å². The molecule has 0 amide bonds. The predicted molar refractivity (Wildman–Crippen MR) is 81.2 cm³/mol. The summed E-state index contributed by atoms with van der Waals surface area (Å²) < 4.78 is 13.5. The zero-order chi connectivity index (χ0) is 16.5. The highest BCUT2D eigenvalue weighted by Crippen LogP contribution is 2.28. The fourth-order valence-electron chi connectivity index (χ4n) is 2.30. The second-order valence-electron chi connectivity index (χ2n) is 5.62. The van der Waals surface area contributed by atoms with E-state index in [4.69, 9.17) is 11.5 Å². The third kappa shape index (κ3) is 3.22. The van der Waals surface area contributed by atoms with Crippen molar-refractivity contribution >= 4 is 11.5 Å². The van der Waals surface area contributed by atoms with E-state index in [2.05, 4.69) is 10.3 Å². The molecular weight excluding hydrogens is 289 g/mol. The van der Waals surface area contributed by atoms with Gasteiger partial charge >= 0.3 is 5.69 Å². The smallest absolute Gasteiger partial charge is 0.305 e. The Morgan fingerprint density at radius 2 is 2.18 bits per heavy atom. The molecule has 1 atom stereocenters. The maximum absolute atomic E-state index is 13.5. The molecule has 5 N–H and O–H groups in total. The van der Waals surface area contributed by atoms with Gasteiger partial charge < -0.3 is 11.1 Å². The molecule has 7 nitrogen and oxygen atoms in total. The van der Waals surface area contributed by atoms with Crippen molar-refractivity contribution in [2.24, 2.45) is 22.4 Å². The molecular formula is C14H18FN5O2. The van der Waals surface area contributed by atoms with E-state index in [1.165, 1.54) is 6.07 Å². The van der Waals surface area contributed by atoms with Crippen molar-refractivity contribution in [1.29, 1.82) is 0 Å². The molecule has 0 aromatic heterocycles. The molecule has 1 aromatic carbocycles. The van der Waals surface area contributed by atoms with Crippen molar-refractivity contribution in [3.05, 3.63) is 51.5 Å². The summed E-state index contributed by atoms with van der Waals surface area (Å²) in [5.74, 6) is -1.81. The molecule has 1 aliphatic rings. The first kappa shape index (κ1) is 15.9. The van der Waals surface area contributed by atoms with Crippen LogP contribution in [0, 0.1) is 21.8 Å². The second kappa shape index (κ2) is 5.72. The third-order valence-electron chi connectivity index (χ3n) is 3.19. The van der Waals surface area contributed by atoms with E-state index in [9.17, 15) is 14.5 Å². The summed E-state index contributed by atoms with van der Waals surface area (Å²) in [7, 11) is 0. The number of halogens is 1.